The van der Waals surface area contributed by atoms with Gasteiger partial charge < -0.3 is 10.6 Å². The van der Waals surface area contributed by atoms with Crippen LogP contribution in [0.25, 0.3) is 0 Å². The average molecular weight is 305 g/mol. The quantitative estimate of drug-likeness (QED) is 0.571. The van der Waals surface area contributed by atoms with Crippen LogP contribution in [0.5, 0.6) is 0 Å². The smallest absolute Gasteiger partial charge is 0.191 e. The Bertz CT molecular complexity index is 420. The van der Waals surface area contributed by atoms with Crippen LogP contribution in [-0.2, 0) is 6.54 Å². The van der Waals surface area contributed by atoms with E-state index in [4.69, 9.17) is 0 Å². The van der Waals surface area contributed by atoms with Crippen molar-refractivity contribution in [3.05, 3.63) is 30.1 Å². The van der Waals surface area contributed by atoms with Crippen molar-refractivity contribution in [3.63, 3.8) is 0 Å². The summed E-state index contributed by atoms with van der Waals surface area (Å²) in [5, 5.41) is 6.68. The Morgan fingerprint density at radius 3 is 2.45 bits per heavy atom. The van der Waals surface area contributed by atoms with Crippen LogP contribution >= 0.6 is 0 Å². The third-order valence-electron chi connectivity index (χ3n) is 3.46. The zero-order chi connectivity index (χ0) is 16.4. The molecule has 0 saturated carbocycles. The lowest BCUT2D eigenvalue weighted by molar-refractivity contribution is 0.178. The molecule has 0 fully saturated rings. The van der Waals surface area contributed by atoms with Crippen molar-refractivity contribution in [1.29, 1.82) is 0 Å². The highest BCUT2D eigenvalue weighted by Gasteiger charge is 2.12. The van der Waals surface area contributed by atoms with Crippen molar-refractivity contribution < 1.29 is 0 Å². The zero-order valence-corrected chi connectivity index (χ0v) is 14.6. The van der Waals surface area contributed by atoms with Crippen LogP contribution in [0.2, 0.25) is 0 Å². The molecule has 5 heteroatoms. The first-order valence-electron chi connectivity index (χ1n) is 8.22. The summed E-state index contributed by atoms with van der Waals surface area (Å²) in [4.78, 5) is 11.3. The molecule has 0 aliphatic heterocycles. The van der Waals surface area contributed by atoms with Crippen LogP contribution < -0.4 is 10.6 Å². The number of guanidine groups is 1. The molecule has 1 aromatic heterocycles. The van der Waals surface area contributed by atoms with E-state index in [1.807, 2.05) is 18.2 Å². The molecule has 124 valence electrons. The molecule has 0 atom stereocenters. The van der Waals surface area contributed by atoms with Gasteiger partial charge in [-0.25, -0.2) is 4.99 Å². The van der Waals surface area contributed by atoms with Gasteiger partial charge in [0.1, 0.15) is 0 Å². The number of hydrogen-bond acceptors (Lipinski definition) is 3. The summed E-state index contributed by atoms with van der Waals surface area (Å²) in [7, 11) is 0. The predicted molar refractivity (Wildman–Crippen MR) is 94.0 cm³/mol. The molecule has 1 aromatic rings. The minimum Gasteiger partial charge on any atom is -0.357 e. The first kappa shape index (κ1) is 18.4. The minimum absolute atomic E-state index is 0.551. The van der Waals surface area contributed by atoms with E-state index < -0.39 is 0 Å². The number of hydrogen-bond donors (Lipinski definition) is 2. The molecule has 1 heterocycles. The van der Waals surface area contributed by atoms with Gasteiger partial charge in [-0.1, -0.05) is 6.07 Å². The number of nitrogens with one attached hydrogen (secondary N) is 2. The van der Waals surface area contributed by atoms with Gasteiger partial charge >= 0.3 is 0 Å². The molecule has 0 aliphatic rings. The standard InChI is InChI=1S/C17H31N5/c1-6-18-17(21-13-16-9-7-8-10-19-16)20-11-12-22(14(2)3)15(4)5/h7-10,14-15H,6,11-13H2,1-5H3,(H2,18,20,21). The molecule has 0 amide bonds. The SMILES string of the molecule is CCNC(=NCc1ccccn1)NCCN(C(C)C)C(C)C. The van der Waals surface area contributed by atoms with Gasteiger partial charge in [-0.3, -0.25) is 9.88 Å². The van der Waals surface area contributed by atoms with Gasteiger partial charge in [0, 0.05) is 37.9 Å². The molecule has 5 nitrogen and oxygen atoms in total. The van der Waals surface area contributed by atoms with Crippen LogP contribution in [-0.4, -0.2) is 47.6 Å². The van der Waals surface area contributed by atoms with E-state index in [9.17, 15) is 0 Å². The number of pyridine rings is 1. The lowest BCUT2D eigenvalue weighted by Gasteiger charge is -2.30. The fraction of sp³-hybridized carbons (Fsp3) is 0.647. The van der Waals surface area contributed by atoms with Gasteiger partial charge in [-0.05, 0) is 46.8 Å². The number of aromatic nitrogens is 1. The summed E-state index contributed by atoms with van der Waals surface area (Å²) in [5.74, 6) is 0.848. The summed E-state index contributed by atoms with van der Waals surface area (Å²) < 4.78 is 0. The van der Waals surface area contributed by atoms with Gasteiger partial charge in [0.05, 0.1) is 12.2 Å². The number of rotatable bonds is 8. The maximum atomic E-state index is 4.58. The average Bonchev–Trinajstić information content (AvgIpc) is 2.49. The molecule has 0 aliphatic carbocycles. The lowest BCUT2D eigenvalue weighted by Crippen LogP contribution is -2.45. The molecular weight excluding hydrogens is 274 g/mol. The summed E-state index contributed by atoms with van der Waals surface area (Å²) in [6.07, 6.45) is 1.80. The van der Waals surface area contributed by atoms with Gasteiger partial charge in [0.2, 0.25) is 0 Å². The molecule has 22 heavy (non-hydrogen) atoms. The molecule has 0 saturated heterocycles. The van der Waals surface area contributed by atoms with Crippen molar-refractivity contribution in [2.75, 3.05) is 19.6 Å². The van der Waals surface area contributed by atoms with Gasteiger partial charge in [-0.2, -0.15) is 0 Å². The Hall–Kier alpha value is -1.62. The summed E-state index contributed by atoms with van der Waals surface area (Å²) >= 11 is 0. The Kier molecular flexibility index (Phi) is 8.51. The summed E-state index contributed by atoms with van der Waals surface area (Å²) in [6, 6.07) is 7.00. The van der Waals surface area contributed by atoms with Crippen LogP contribution in [0.15, 0.2) is 29.4 Å². The third kappa shape index (κ3) is 6.89. The second-order valence-corrected chi connectivity index (χ2v) is 5.87. The molecule has 0 spiro atoms. The molecule has 0 radical (unpaired) electrons. The summed E-state index contributed by atoms with van der Waals surface area (Å²) in [6.45, 7) is 14.3. The maximum absolute atomic E-state index is 4.58. The van der Waals surface area contributed by atoms with Crippen LogP contribution in [0.1, 0.15) is 40.3 Å². The molecule has 0 unspecified atom stereocenters. The van der Waals surface area contributed by atoms with Crippen molar-refractivity contribution >= 4 is 5.96 Å². The Morgan fingerprint density at radius 1 is 1.18 bits per heavy atom. The van der Waals surface area contributed by atoms with Crippen molar-refractivity contribution in [2.45, 2.75) is 53.2 Å². The van der Waals surface area contributed by atoms with Crippen LogP contribution in [0, 0.1) is 0 Å². The Balaban J connectivity index is 2.50. The predicted octanol–water partition coefficient (Wildman–Crippen LogP) is 2.26. The lowest BCUT2D eigenvalue weighted by atomic mass is 10.2. The molecular formula is C17H31N5. The van der Waals surface area contributed by atoms with Gasteiger partial charge in [0.25, 0.3) is 0 Å². The van der Waals surface area contributed by atoms with Crippen LogP contribution in [0.4, 0.5) is 0 Å². The molecule has 0 aromatic carbocycles. The highest BCUT2D eigenvalue weighted by molar-refractivity contribution is 5.79. The summed E-state index contributed by atoms with van der Waals surface area (Å²) in [5.41, 5.74) is 0.977. The Labute approximate surface area is 135 Å². The van der Waals surface area contributed by atoms with E-state index in [0.717, 1.165) is 31.3 Å². The fourth-order valence-electron chi connectivity index (χ4n) is 2.41. The Morgan fingerprint density at radius 2 is 1.91 bits per heavy atom. The topological polar surface area (TPSA) is 52.6 Å². The first-order chi connectivity index (χ1) is 10.5. The number of nitrogens with zero attached hydrogens (tertiary/aromatic N) is 3. The second kappa shape index (κ2) is 10.2. The van der Waals surface area contributed by atoms with E-state index >= 15 is 0 Å². The number of aliphatic imine (C=N–C) groups is 1. The van der Waals surface area contributed by atoms with E-state index in [1.54, 1.807) is 6.20 Å². The van der Waals surface area contributed by atoms with Gasteiger partial charge in [-0.15, -0.1) is 0 Å². The third-order valence-corrected chi connectivity index (χ3v) is 3.46. The maximum Gasteiger partial charge on any atom is 0.191 e. The molecule has 1 rings (SSSR count). The largest absolute Gasteiger partial charge is 0.357 e. The minimum atomic E-state index is 0.551. The van der Waals surface area contributed by atoms with Crippen molar-refractivity contribution in [1.82, 2.24) is 20.5 Å². The van der Waals surface area contributed by atoms with Gasteiger partial charge in [0.15, 0.2) is 5.96 Å². The van der Waals surface area contributed by atoms with E-state index in [1.165, 1.54) is 0 Å². The molecule has 0 bridgehead atoms. The second-order valence-electron chi connectivity index (χ2n) is 5.87. The zero-order valence-electron chi connectivity index (χ0n) is 14.6. The van der Waals surface area contributed by atoms with Crippen molar-refractivity contribution in [2.24, 2.45) is 4.99 Å². The highest BCUT2D eigenvalue weighted by atomic mass is 15.2. The van der Waals surface area contributed by atoms with Crippen molar-refractivity contribution in [3.8, 4) is 0 Å². The first-order valence-corrected chi connectivity index (χ1v) is 8.22. The van der Waals surface area contributed by atoms with E-state index in [-0.39, 0.29) is 0 Å². The van der Waals surface area contributed by atoms with E-state index in [0.29, 0.717) is 18.6 Å². The highest BCUT2D eigenvalue weighted by Crippen LogP contribution is 2.03. The fourth-order valence-corrected chi connectivity index (χ4v) is 2.41. The van der Waals surface area contributed by atoms with Crippen LogP contribution in [0.3, 0.4) is 0 Å². The normalized spacial score (nSPS) is 12.3. The van der Waals surface area contributed by atoms with E-state index in [2.05, 4.69) is 60.1 Å². The monoisotopic (exact) mass is 305 g/mol. The molecule has 2 N–H and O–H groups in total.